The normalized spacial score (nSPS) is 50.4. The van der Waals surface area contributed by atoms with Gasteiger partial charge in [0.05, 0.1) is 0 Å². The second-order valence-electron chi connectivity index (χ2n) is 4.87. The van der Waals surface area contributed by atoms with Crippen LogP contribution < -0.4 is 0 Å². The number of hydrogen-bond donors (Lipinski definition) is 0. The maximum atomic E-state index is 2.42. The quantitative estimate of drug-likeness (QED) is 0.550. The molecule has 58 valence electrons. The monoisotopic (exact) mass is 138 g/mol. The average Bonchev–Trinajstić information content (AvgIpc) is 2.55. The summed E-state index contributed by atoms with van der Waals surface area (Å²) >= 11 is 0. The summed E-state index contributed by atoms with van der Waals surface area (Å²) < 4.78 is 0. The summed E-state index contributed by atoms with van der Waals surface area (Å²) in [6.45, 7) is 7.11. The predicted molar refractivity (Wildman–Crippen MR) is 43.8 cm³/mol. The summed E-state index contributed by atoms with van der Waals surface area (Å²) in [5.74, 6) is 3.14. The van der Waals surface area contributed by atoms with Gasteiger partial charge in [0, 0.05) is 0 Å². The highest BCUT2D eigenvalue weighted by Gasteiger charge is 2.67. The molecule has 0 aliphatic heterocycles. The molecule has 0 aromatic heterocycles. The van der Waals surface area contributed by atoms with Crippen molar-refractivity contribution in [3.8, 4) is 0 Å². The van der Waals surface area contributed by atoms with E-state index in [2.05, 4.69) is 20.8 Å². The Morgan fingerprint density at radius 1 is 1.40 bits per heavy atom. The lowest BCUT2D eigenvalue weighted by Crippen LogP contribution is -1.91. The fourth-order valence-corrected chi connectivity index (χ4v) is 2.65. The molecule has 0 aromatic carbocycles. The Kier molecular flexibility index (Phi) is 1.19. The summed E-state index contributed by atoms with van der Waals surface area (Å²) in [6, 6.07) is 0. The first kappa shape index (κ1) is 6.69. The van der Waals surface area contributed by atoms with Crippen LogP contribution in [0.1, 0.15) is 40.0 Å². The maximum Gasteiger partial charge on any atom is -0.0237 e. The molecule has 0 nitrogen and oxygen atoms in total. The zero-order chi connectivity index (χ0) is 7.35. The van der Waals surface area contributed by atoms with Crippen molar-refractivity contribution in [2.45, 2.75) is 40.0 Å². The van der Waals surface area contributed by atoms with Gasteiger partial charge in [-0.05, 0) is 42.4 Å². The summed E-state index contributed by atoms with van der Waals surface area (Å²) in [4.78, 5) is 0. The van der Waals surface area contributed by atoms with E-state index in [4.69, 9.17) is 0 Å². The fraction of sp³-hybridized carbons (Fsp3) is 1.00. The molecule has 0 heterocycles. The lowest BCUT2D eigenvalue weighted by Gasteiger charge is -2.01. The molecule has 2 aliphatic carbocycles. The molecule has 3 unspecified atom stereocenters. The van der Waals surface area contributed by atoms with Crippen molar-refractivity contribution in [1.29, 1.82) is 0 Å². The summed E-state index contributed by atoms with van der Waals surface area (Å²) in [5, 5.41) is 0. The van der Waals surface area contributed by atoms with Crippen LogP contribution in [-0.2, 0) is 0 Å². The molecule has 10 heavy (non-hydrogen) atoms. The molecule has 2 aliphatic rings. The highest BCUT2D eigenvalue weighted by atomic mass is 14.7. The van der Waals surface area contributed by atoms with Crippen LogP contribution in [0.2, 0.25) is 0 Å². The maximum absolute atomic E-state index is 2.42. The molecular weight excluding hydrogens is 120 g/mol. The number of hydrogen-bond acceptors (Lipinski definition) is 0. The minimum atomic E-state index is 0.907. The Labute approximate surface area is 64.0 Å². The Morgan fingerprint density at radius 2 is 2.00 bits per heavy atom. The molecule has 3 atom stereocenters. The molecule has 0 N–H and O–H groups in total. The highest BCUT2D eigenvalue weighted by Crippen LogP contribution is 2.75. The third kappa shape index (κ3) is 0.810. The lowest BCUT2D eigenvalue weighted by atomic mass is 10.0. The molecule has 0 aromatic rings. The van der Waals surface area contributed by atoms with Crippen molar-refractivity contribution in [3.05, 3.63) is 0 Å². The lowest BCUT2D eigenvalue weighted by molar-refractivity contribution is 0.498. The van der Waals surface area contributed by atoms with Crippen molar-refractivity contribution in [3.63, 3.8) is 0 Å². The molecule has 0 amide bonds. The molecule has 1 spiro atoms. The summed E-state index contributed by atoms with van der Waals surface area (Å²) in [7, 11) is 0. The Balaban J connectivity index is 1.81. The van der Waals surface area contributed by atoms with Gasteiger partial charge in [0.25, 0.3) is 0 Å². The zero-order valence-corrected chi connectivity index (χ0v) is 7.35. The second-order valence-corrected chi connectivity index (χ2v) is 4.87. The van der Waals surface area contributed by atoms with Gasteiger partial charge < -0.3 is 0 Å². The third-order valence-electron chi connectivity index (χ3n) is 3.54. The van der Waals surface area contributed by atoms with Gasteiger partial charge in [-0.2, -0.15) is 0 Å². The van der Waals surface area contributed by atoms with Gasteiger partial charge in [-0.3, -0.25) is 0 Å². The largest absolute Gasteiger partial charge is 0.0628 e. The van der Waals surface area contributed by atoms with Crippen molar-refractivity contribution >= 4 is 0 Å². The van der Waals surface area contributed by atoms with Gasteiger partial charge >= 0.3 is 0 Å². The first-order valence-corrected chi connectivity index (χ1v) is 4.65. The second kappa shape index (κ2) is 1.78. The molecule has 0 heteroatoms. The van der Waals surface area contributed by atoms with Gasteiger partial charge in [-0.1, -0.05) is 20.8 Å². The van der Waals surface area contributed by atoms with E-state index in [1.807, 2.05) is 0 Å². The van der Waals surface area contributed by atoms with Crippen LogP contribution in [0.4, 0.5) is 0 Å². The highest BCUT2D eigenvalue weighted by molar-refractivity contribution is 5.16. The minimum Gasteiger partial charge on any atom is -0.0628 e. The van der Waals surface area contributed by atoms with E-state index in [0.717, 1.165) is 23.2 Å². The van der Waals surface area contributed by atoms with E-state index < -0.39 is 0 Å². The van der Waals surface area contributed by atoms with Gasteiger partial charge in [-0.25, -0.2) is 0 Å². The van der Waals surface area contributed by atoms with Crippen LogP contribution in [0.5, 0.6) is 0 Å². The zero-order valence-electron chi connectivity index (χ0n) is 7.35. The summed E-state index contributed by atoms with van der Waals surface area (Å²) in [5.41, 5.74) is 0.907. The van der Waals surface area contributed by atoms with E-state index in [9.17, 15) is 0 Å². The molecule has 0 saturated heterocycles. The van der Waals surface area contributed by atoms with Crippen molar-refractivity contribution in [1.82, 2.24) is 0 Å². The Morgan fingerprint density at radius 3 is 2.30 bits per heavy atom. The minimum absolute atomic E-state index is 0.907. The van der Waals surface area contributed by atoms with Crippen molar-refractivity contribution in [2.75, 3.05) is 0 Å². The first-order valence-electron chi connectivity index (χ1n) is 4.65. The van der Waals surface area contributed by atoms with Gasteiger partial charge in [0.1, 0.15) is 0 Å². The van der Waals surface area contributed by atoms with Crippen LogP contribution >= 0.6 is 0 Å². The van der Waals surface area contributed by atoms with Crippen LogP contribution in [0, 0.1) is 23.2 Å². The van der Waals surface area contributed by atoms with E-state index >= 15 is 0 Å². The Bertz CT molecular complexity index is 148. The smallest absolute Gasteiger partial charge is 0.0237 e. The average molecular weight is 138 g/mol. The Hall–Kier alpha value is 0. The van der Waals surface area contributed by atoms with E-state index in [-0.39, 0.29) is 0 Å². The van der Waals surface area contributed by atoms with E-state index in [0.29, 0.717) is 0 Å². The molecule has 2 fully saturated rings. The molecular formula is C10H18. The predicted octanol–water partition coefficient (Wildman–Crippen LogP) is 3.08. The van der Waals surface area contributed by atoms with Crippen LogP contribution in [-0.4, -0.2) is 0 Å². The molecule has 2 saturated carbocycles. The van der Waals surface area contributed by atoms with Gasteiger partial charge in [0.2, 0.25) is 0 Å². The van der Waals surface area contributed by atoms with E-state index in [1.165, 1.54) is 6.42 Å². The number of rotatable bonds is 2. The third-order valence-corrected chi connectivity index (χ3v) is 3.54. The first-order chi connectivity index (χ1) is 4.65. The SMILES string of the molecule is CC(C)CC1CC12CC2C. The van der Waals surface area contributed by atoms with Crippen molar-refractivity contribution in [2.24, 2.45) is 23.2 Å². The van der Waals surface area contributed by atoms with Gasteiger partial charge in [0.15, 0.2) is 0 Å². The topological polar surface area (TPSA) is 0 Å². The van der Waals surface area contributed by atoms with E-state index in [1.54, 1.807) is 12.8 Å². The van der Waals surface area contributed by atoms with Gasteiger partial charge in [-0.15, -0.1) is 0 Å². The molecule has 0 radical (unpaired) electrons. The fourth-order valence-electron chi connectivity index (χ4n) is 2.65. The van der Waals surface area contributed by atoms with Crippen LogP contribution in [0.3, 0.4) is 0 Å². The molecule has 2 rings (SSSR count). The summed E-state index contributed by atoms with van der Waals surface area (Å²) in [6.07, 6.45) is 4.60. The van der Waals surface area contributed by atoms with Crippen LogP contribution in [0.25, 0.3) is 0 Å². The standard InChI is InChI=1S/C10H18/c1-7(2)4-9-6-10(9)5-8(10)3/h7-9H,4-6H2,1-3H3. The molecule has 0 bridgehead atoms. The van der Waals surface area contributed by atoms with Crippen molar-refractivity contribution < 1.29 is 0 Å². The van der Waals surface area contributed by atoms with Crippen LogP contribution in [0.15, 0.2) is 0 Å².